The van der Waals surface area contributed by atoms with Gasteiger partial charge in [-0.2, -0.15) is 0 Å². The summed E-state index contributed by atoms with van der Waals surface area (Å²) in [7, 11) is 0. The molecule has 0 aliphatic heterocycles. The van der Waals surface area contributed by atoms with Crippen LogP contribution in [0, 0.1) is 0 Å². The van der Waals surface area contributed by atoms with Crippen LogP contribution in [0.3, 0.4) is 0 Å². The number of benzene rings is 1. The number of imidazole rings is 1. The smallest absolute Gasteiger partial charge is 0.177 e. The summed E-state index contributed by atoms with van der Waals surface area (Å²) < 4.78 is 1.77. The van der Waals surface area contributed by atoms with Crippen molar-refractivity contribution in [3.05, 3.63) is 47.8 Å². The van der Waals surface area contributed by atoms with Gasteiger partial charge in [-0.05, 0) is 43.4 Å². The van der Waals surface area contributed by atoms with Gasteiger partial charge < -0.3 is 22.5 Å². The molecule has 7 nitrogen and oxygen atoms in total. The Hall–Kier alpha value is -2.64. The molecular formula is C19H25N7. The topological polar surface area (TPSA) is 120 Å². The van der Waals surface area contributed by atoms with Gasteiger partial charge in [0.25, 0.3) is 0 Å². The molecule has 2 heterocycles. The summed E-state index contributed by atoms with van der Waals surface area (Å²) in [4.78, 5) is 4.86. The molecule has 2 aromatic heterocycles. The first-order chi connectivity index (χ1) is 12.6. The molecule has 1 aliphatic rings. The Kier molecular flexibility index (Phi) is 4.48. The predicted molar refractivity (Wildman–Crippen MR) is 104 cm³/mol. The van der Waals surface area contributed by atoms with Crippen LogP contribution in [0.5, 0.6) is 0 Å². The normalized spacial score (nSPS) is 20.4. The first-order valence-electron chi connectivity index (χ1n) is 9.10. The van der Waals surface area contributed by atoms with Gasteiger partial charge in [0.2, 0.25) is 0 Å². The molecule has 1 fully saturated rings. The number of rotatable bonds is 4. The molecule has 3 aromatic rings. The van der Waals surface area contributed by atoms with Crippen LogP contribution in [0.4, 0.5) is 17.2 Å². The van der Waals surface area contributed by atoms with E-state index in [2.05, 4.69) is 10.4 Å². The lowest BCUT2D eigenvalue weighted by Crippen LogP contribution is -2.25. The van der Waals surface area contributed by atoms with Crippen molar-refractivity contribution in [2.45, 2.75) is 44.2 Å². The molecule has 1 saturated carbocycles. The molecular weight excluding hydrogens is 326 g/mol. The molecule has 0 amide bonds. The maximum Gasteiger partial charge on any atom is 0.177 e. The highest BCUT2D eigenvalue weighted by Gasteiger charge is 2.23. The maximum absolute atomic E-state index is 6.03. The maximum atomic E-state index is 6.03. The van der Waals surface area contributed by atoms with Crippen LogP contribution in [0.15, 0.2) is 36.5 Å². The first kappa shape index (κ1) is 16.8. The highest BCUT2D eigenvalue weighted by molar-refractivity contribution is 5.75. The van der Waals surface area contributed by atoms with E-state index in [0.717, 1.165) is 54.0 Å². The fourth-order valence-corrected chi connectivity index (χ4v) is 3.65. The summed E-state index contributed by atoms with van der Waals surface area (Å²) in [6.45, 7) is 0.501. The van der Waals surface area contributed by atoms with Crippen molar-refractivity contribution in [3.63, 3.8) is 0 Å². The summed E-state index contributed by atoms with van der Waals surface area (Å²) in [6, 6.07) is 10.2. The fourth-order valence-electron chi connectivity index (χ4n) is 3.65. The summed E-state index contributed by atoms with van der Waals surface area (Å²) >= 11 is 0. The number of nitrogens with one attached hydrogen (secondary N) is 1. The van der Waals surface area contributed by atoms with Gasteiger partial charge in [0.1, 0.15) is 5.82 Å². The van der Waals surface area contributed by atoms with Gasteiger partial charge in [0.15, 0.2) is 5.65 Å². The van der Waals surface area contributed by atoms with Crippen LogP contribution in [0.25, 0.3) is 5.65 Å². The van der Waals surface area contributed by atoms with Gasteiger partial charge in [-0.1, -0.05) is 12.1 Å². The van der Waals surface area contributed by atoms with Gasteiger partial charge in [-0.3, -0.25) is 0 Å². The number of nitrogens with zero attached hydrogens (tertiary/aromatic N) is 3. The molecule has 0 radical (unpaired) electrons. The van der Waals surface area contributed by atoms with E-state index in [9.17, 15) is 0 Å². The number of nitrogens with two attached hydrogens (primary N) is 3. The zero-order valence-electron chi connectivity index (χ0n) is 14.7. The number of aromatic nitrogens is 3. The minimum absolute atomic E-state index is 0.323. The molecule has 7 heteroatoms. The van der Waals surface area contributed by atoms with Gasteiger partial charge in [-0.25, -0.2) is 9.50 Å². The van der Waals surface area contributed by atoms with Crippen LogP contribution in [-0.2, 0) is 6.54 Å². The van der Waals surface area contributed by atoms with Gasteiger partial charge in [0.05, 0.1) is 17.6 Å². The molecule has 0 bridgehead atoms. The second-order valence-corrected chi connectivity index (χ2v) is 7.06. The summed E-state index contributed by atoms with van der Waals surface area (Å²) in [5.41, 5.74) is 22.5. The molecule has 7 N–H and O–H groups in total. The average molecular weight is 351 g/mol. The van der Waals surface area contributed by atoms with Crippen molar-refractivity contribution in [2.24, 2.45) is 11.5 Å². The highest BCUT2D eigenvalue weighted by atomic mass is 15.3. The van der Waals surface area contributed by atoms with E-state index in [1.54, 1.807) is 4.52 Å². The highest BCUT2D eigenvalue weighted by Crippen LogP contribution is 2.33. The standard InChI is InChI=1S/C19H25N7/c20-10-12-2-1-3-15(8-12)23-16-9-18(22)25-26-11-17(24-19(16)26)13-4-6-14(21)7-5-13/h1-3,8-9,11,13-14,23H,4-7,10,20-21H2,(H2,22,25). The molecule has 1 aromatic carbocycles. The third kappa shape index (κ3) is 3.36. The fraction of sp³-hybridized carbons (Fsp3) is 0.368. The lowest BCUT2D eigenvalue weighted by atomic mass is 9.85. The number of hydrogen-bond donors (Lipinski definition) is 4. The monoisotopic (exact) mass is 351 g/mol. The molecule has 26 heavy (non-hydrogen) atoms. The van der Waals surface area contributed by atoms with Crippen LogP contribution >= 0.6 is 0 Å². The van der Waals surface area contributed by atoms with E-state index in [4.69, 9.17) is 22.2 Å². The Labute approximate surface area is 152 Å². The van der Waals surface area contributed by atoms with Crippen molar-refractivity contribution in [1.82, 2.24) is 14.6 Å². The van der Waals surface area contributed by atoms with E-state index >= 15 is 0 Å². The third-order valence-corrected chi connectivity index (χ3v) is 5.09. The van der Waals surface area contributed by atoms with E-state index < -0.39 is 0 Å². The summed E-state index contributed by atoms with van der Waals surface area (Å²) in [5, 5.41) is 7.80. The Morgan fingerprint density at radius 2 is 1.96 bits per heavy atom. The third-order valence-electron chi connectivity index (χ3n) is 5.09. The quantitative estimate of drug-likeness (QED) is 0.573. The first-order valence-corrected chi connectivity index (χ1v) is 9.10. The minimum atomic E-state index is 0.323. The molecule has 1 aliphatic carbocycles. The van der Waals surface area contributed by atoms with E-state index in [0.29, 0.717) is 24.3 Å². The number of fused-ring (bicyclic) bond motifs is 1. The average Bonchev–Trinajstić information content (AvgIpc) is 3.06. The Bertz CT molecular complexity index is 909. The molecule has 0 saturated heterocycles. The van der Waals surface area contributed by atoms with E-state index in [-0.39, 0.29) is 0 Å². The van der Waals surface area contributed by atoms with Crippen LogP contribution < -0.4 is 22.5 Å². The van der Waals surface area contributed by atoms with Crippen molar-refractivity contribution in [3.8, 4) is 0 Å². The lowest BCUT2D eigenvalue weighted by molar-refractivity contribution is 0.391. The predicted octanol–water partition coefficient (Wildman–Crippen LogP) is 2.50. The molecule has 0 unspecified atom stereocenters. The van der Waals surface area contributed by atoms with Gasteiger partial charge >= 0.3 is 0 Å². The van der Waals surface area contributed by atoms with E-state index in [1.807, 2.05) is 36.5 Å². The zero-order valence-corrected chi connectivity index (χ0v) is 14.7. The second kappa shape index (κ2) is 6.93. The number of nitrogen functional groups attached to an aromatic ring is 1. The Morgan fingerprint density at radius 3 is 2.73 bits per heavy atom. The van der Waals surface area contributed by atoms with E-state index in [1.165, 1.54) is 0 Å². The molecule has 0 atom stereocenters. The molecule has 136 valence electrons. The van der Waals surface area contributed by atoms with Gasteiger partial charge in [-0.15, -0.1) is 5.10 Å². The largest absolute Gasteiger partial charge is 0.382 e. The van der Waals surface area contributed by atoms with Crippen LogP contribution in [-0.4, -0.2) is 20.6 Å². The summed E-state index contributed by atoms with van der Waals surface area (Å²) in [6.07, 6.45) is 6.23. The lowest BCUT2D eigenvalue weighted by Gasteiger charge is -2.24. The summed E-state index contributed by atoms with van der Waals surface area (Å²) in [5.74, 6) is 0.885. The Balaban J connectivity index is 1.67. The number of hydrogen-bond acceptors (Lipinski definition) is 6. The second-order valence-electron chi connectivity index (χ2n) is 7.06. The van der Waals surface area contributed by atoms with Crippen LogP contribution in [0.2, 0.25) is 0 Å². The van der Waals surface area contributed by atoms with Crippen LogP contribution in [0.1, 0.15) is 42.9 Å². The van der Waals surface area contributed by atoms with Gasteiger partial charge in [0, 0.05) is 30.3 Å². The van der Waals surface area contributed by atoms with Crippen molar-refractivity contribution >= 4 is 22.8 Å². The van der Waals surface area contributed by atoms with Crippen molar-refractivity contribution < 1.29 is 0 Å². The minimum Gasteiger partial charge on any atom is -0.382 e. The van der Waals surface area contributed by atoms with Crippen molar-refractivity contribution in [2.75, 3.05) is 11.1 Å². The molecule has 4 rings (SSSR count). The molecule has 0 spiro atoms. The number of anilines is 3. The Morgan fingerprint density at radius 1 is 1.15 bits per heavy atom. The SMILES string of the molecule is NCc1cccc(Nc2cc(N)nn3cc(C4CCC(N)CC4)nc23)c1. The zero-order chi connectivity index (χ0) is 18.1. The van der Waals surface area contributed by atoms with Crippen molar-refractivity contribution in [1.29, 1.82) is 0 Å².